The Balaban J connectivity index is 2.91. The Morgan fingerprint density at radius 1 is 1.33 bits per heavy atom. The summed E-state index contributed by atoms with van der Waals surface area (Å²) >= 11 is 0. The molecule has 0 saturated carbocycles. The lowest BCUT2D eigenvalue weighted by Crippen LogP contribution is -2.46. The van der Waals surface area contributed by atoms with E-state index in [1.807, 2.05) is 13.8 Å². The molecular weight excluding hydrogens is 290 g/mol. The summed E-state index contributed by atoms with van der Waals surface area (Å²) in [6.07, 6.45) is 0. The highest BCUT2D eigenvalue weighted by molar-refractivity contribution is 7.89. The van der Waals surface area contributed by atoms with E-state index < -0.39 is 16.1 Å². The molecule has 1 unspecified atom stereocenters. The van der Waals surface area contributed by atoms with Crippen molar-refractivity contribution in [3.05, 3.63) is 29.8 Å². The molecule has 0 aliphatic heterocycles. The largest absolute Gasteiger partial charge is 0.342 e. The van der Waals surface area contributed by atoms with Gasteiger partial charge in [-0.15, -0.1) is 0 Å². The molecule has 0 bridgehead atoms. The topological polar surface area (TPSA) is 92.5 Å². The van der Waals surface area contributed by atoms with Crippen LogP contribution in [0, 0.1) is 0 Å². The third-order valence-electron chi connectivity index (χ3n) is 3.22. The molecule has 0 aliphatic rings. The van der Waals surface area contributed by atoms with Gasteiger partial charge in [0.25, 0.3) is 0 Å². The number of benzene rings is 1. The molecule has 1 aromatic rings. The SMILES string of the molecule is CCN(CC)C(=O)C(C)NS(=O)(=O)c1cccc(CN)c1. The van der Waals surface area contributed by atoms with Crippen LogP contribution in [0.3, 0.4) is 0 Å². The Morgan fingerprint density at radius 3 is 2.48 bits per heavy atom. The van der Waals surface area contributed by atoms with Gasteiger partial charge in [-0.3, -0.25) is 4.79 Å². The first kappa shape index (κ1) is 17.6. The van der Waals surface area contributed by atoms with Crippen molar-refractivity contribution in [1.29, 1.82) is 0 Å². The molecule has 1 atom stereocenters. The second-order valence-electron chi connectivity index (χ2n) is 4.71. The van der Waals surface area contributed by atoms with Crippen molar-refractivity contribution in [3.63, 3.8) is 0 Å². The van der Waals surface area contributed by atoms with Crippen LogP contribution in [0.1, 0.15) is 26.3 Å². The van der Waals surface area contributed by atoms with Crippen LogP contribution in [0.15, 0.2) is 29.2 Å². The second-order valence-corrected chi connectivity index (χ2v) is 6.42. The van der Waals surface area contributed by atoms with Crippen molar-refractivity contribution in [2.24, 2.45) is 5.73 Å². The summed E-state index contributed by atoms with van der Waals surface area (Å²) in [6, 6.07) is 5.57. The fourth-order valence-corrected chi connectivity index (χ4v) is 3.27. The van der Waals surface area contributed by atoms with Crippen molar-refractivity contribution < 1.29 is 13.2 Å². The first-order valence-corrected chi connectivity index (χ1v) is 8.44. The zero-order valence-corrected chi connectivity index (χ0v) is 13.5. The van der Waals surface area contributed by atoms with Crippen LogP contribution in [0.2, 0.25) is 0 Å². The number of rotatable bonds is 7. The summed E-state index contributed by atoms with van der Waals surface area (Å²) in [5.41, 5.74) is 6.23. The zero-order chi connectivity index (χ0) is 16.0. The van der Waals surface area contributed by atoms with Gasteiger partial charge in [-0.1, -0.05) is 12.1 Å². The summed E-state index contributed by atoms with van der Waals surface area (Å²) < 4.78 is 27.0. The zero-order valence-electron chi connectivity index (χ0n) is 12.7. The van der Waals surface area contributed by atoms with Gasteiger partial charge in [0.05, 0.1) is 10.9 Å². The lowest BCUT2D eigenvalue weighted by molar-refractivity contribution is -0.132. The van der Waals surface area contributed by atoms with Gasteiger partial charge in [-0.2, -0.15) is 4.72 Å². The maximum Gasteiger partial charge on any atom is 0.241 e. The number of carbonyl (C=O) groups is 1. The van der Waals surface area contributed by atoms with Crippen molar-refractivity contribution in [1.82, 2.24) is 9.62 Å². The number of nitrogens with one attached hydrogen (secondary N) is 1. The van der Waals surface area contributed by atoms with Gasteiger partial charge in [0, 0.05) is 19.6 Å². The fraction of sp³-hybridized carbons (Fsp3) is 0.500. The average molecular weight is 313 g/mol. The van der Waals surface area contributed by atoms with Crippen LogP contribution in [0.5, 0.6) is 0 Å². The summed E-state index contributed by atoms with van der Waals surface area (Å²) in [7, 11) is -3.74. The van der Waals surface area contributed by atoms with Crippen LogP contribution >= 0.6 is 0 Å². The maximum absolute atomic E-state index is 12.3. The highest BCUT2D eigenvalue weighted by Crippen LogP contribution is 2.12. The Hall–Kier alpha value is -1.44. The van der Waals surface area contributed by atoms with Gasteiger partial charge in [0.2, 0.25) is 15.9 Å². The molecule has 0 spiro atoms. The summed E-state index contributed by atoms with van der Waals surface area (Å²) in [5, 5.41) is 0. The molecule has 0 heterocycles. The molecule has 1 rings (SSSR count). The number of hydrogen-bond acceptors (Lipinski definition) is 4. The number of hydrogen-bond donors (Lipinski definition) is 2. The molecular formula is C14H23N3O3S. The van der Waals surface area contributed by atoms with Crippen molar-refractivity contribution in [3.8, 4) is 0 Å². The van der Waals surface area contributed by atoms with Crippen LogP contribution in [-0.2, 0) is 21.4 Å². The minimum absolute atomic E-state index is 0.115. The molecule has 1 aromatic carbocycles. The molecule has 1 amide bonds. The first-order chi connectivity index (χ1) is 9.85. The van der Waals surface area contributed by atoms with Gasteiger partial charge in [-0.25, -0.2) is 8.42 Å². The quantitative estimate of drug-likeness (QED) is 0.774. The molecule has 118 valence electrons. The number of likely N-dealkylation sites (N-methyl/N-ethyl adjacent to an activating group) is 1. The summed E-state index contributed by atoms with van der Waals surface area (Å²) in [6.45, 7) is 6.61. The third kappa shape index (κ3) is 4.52. The predicted molar refractivity (Wildman–Crippen MR) is 82.0 cm³/mol. The van der Waals surface area contributed by atoms with Crippen LogP contribution in [0.25, 0.3) is 0 Å². The van der Waals surface area contributed by atoms with Crippen LogP contribution in [-0.4, -0.2) is 38.4 Å². The smallest absolute Gasteiger partial charge is 0.241 e. The van der Waals surface area contributed by atoms with Gasteiger partial charge in [0.15, 0.2) is 0 Å². The first-order valence-electron chi connectivity index (χ1n) is 6.95. The molecule has 21 heavy (non-hydrogen) atoms. The molecule has 3 N–H and O–H groups in total. The summed E-state index contributed by atoms with van der Waals surface area (Å²) in [5.74, 6) is -0.237. The third-order valence-corrected chi connectivity index (χ3v) is 4.76. The van der Waals surface area contributed by atoms with Crippen LogP contribution < -0.4 is 10.5 Å². The molecule has 0 radical (unpaired) electrons. The van der Waals surface area contributed by atoms with E-state index in [9.17, 15) is 13.2 Å². The number of amides is 1. The minimum atomic E-state index is -3.74. The van der Waals surface area contributed by atoms with E-state index >= 15 is 0 Å². The lowest BCUT2D eigenvalue weighted by Gasteiger charge is -2.23. The van der Waals surface area contributed by atoms with E-state index in [-0.39, 0.29) is 17.3 Å². The standard InChI is InChI=1S/C14H23N3O3S/c1-4-17(5-2)14(18)11(3)16-21(19,20)13-8-6-7-12(9-13)10-15/h6-9,11,16H,4-5,10,15H2,1-3H3. The number of nitrogens with zero attached hydrogens (tertiary/aromatic N) is 1. The second kappa shape index (κ2) is 7.53. The van der Waals surface area contributed by atoms with Gasteiger partial charge in [-0.05, 0) is 38.5 Å². The molecule has 0 aromatic heterocycles. The Bertz CT molecular complexity index is 583. The highest BCUT2D eigenvalue weighted by Gasteiger charge is 2.24. The lowest BCUT2D eigenvalue weighted by atomic mass is 10.2. The van der Waals surface area contributed by atoms with Gasteiger partial charge >= 0.3 is 0 Å². The Kier molecular flexibility index (Phi) is 6.32. The molecule has 0 aliphatic carbocycles. The predicted octanol–water partition coefficient (Wildman–Crippen LogP) is 0.681. The van der Waals surface area contributed by atoms with Crippen molar-refractivity contribution in [2.75, 3.05) is 13.1 Å². The van der Waals surface area contributed by atoms with E-state index in [2.05, 4.69) is 4.72 Å². The van der Waals surface area contributed by atoms with E-state index in [0.29, 0.717) is 13.1 Å². The Morgan fingerprint density at radius 2 is 1.95 bits per heavy atom. The monoisotopic (exact) mass is 313 g/mol. The van der Waals surface area contributed by atoms with Crippen molar-refractivity contribution in [2.45, 2.75) is 38.3 Å². The number of nitrogens with two attached hydrogens (primary N) is 1. The minimum Gasteiger partial charge on any atom is -0.342 e. The van der Waals surface area contributed by atoms with Crippen LogP contribution in [0.4, 0.5) is 0 Å². The number of carbonyl (C=O) groups excluding carboxylic acids is 1. The molecule has 0 saturated heterocycles. The maximum atomic E-state index is 12.3. The summed E-state index contributed by atoms with van der Waals surface area (Å²) in [4.78, 5) is 13.8. The van der Waals surface area contributed by atoms with E-state index in [1.54, 1.807) is 24.0 Å². The highest BCUT2D eigenvalue weighted by atomic mass is 32.2. The number of sulfonamides is 1. The van der Waals surface area contributed by atoms with E-state index in [1.165, 1.54) is 12.1 Å². The Labute approximate surface area is 126 Å². The van der Waals surface area contributed by atoms with Gasteiger partial charge < -0.3 is 10.6 Å². The molecule has 7 heteroatoms. The van der Waals surface area contributed by atoms with Crippen molar-refractivity contribution >= 4 is 15.9 Å². The van der Waals surface area contributed by atoms with E-state index in [0.717, 1.165) is 5.56 Å². The van der Waals surface area contributed by atoms with Gasteiger partial charge in [0.1, 0.15) is 0 Å². The average Bonchev–Trinajstić information content (AvgIpc) is 2.48. The normalized spacial score (nSPS) is 13.0. The van der Waals surface area contributed by atoms with E-state index in [4.69, 9.17) is 5.73 Å². The molecule has 0 fully saturated rings. The fourth-order valence-electron chi connectivity index (χ4n) is 2.00. The molecule has 6 nitrogen and oxygen atoms in total.